The van der Waals surface area contributed by atoms with Crippen LogP contribution in [-0.2, 0) is 13.5 Å². The molecule has 272 valence electrons. The Kier molecular flexibility index (Phi) is 20.8. The van der Waals surface area contributed by atoms with Gasteiger partial charge < -0.3 is 0 Å². The molecule has 0 bridgehead atoms. The Morgan fingerprint density at radius 1 is 0.391 bits per heavy atom. The Hall–Kier alpha value is 1.93. The number of hydrogen-bond donors (Lipinski definition) is 0. The summed E-state index contributed by atoms with van der Waals surface area (Å²) in [6.07, 6.45) is 47.6. The fourth-order valence-electron chi connectivity index (χ4n) is 10.8. The summed E-state index contributed by atoms with van der Waals surface area (Å²) >= 11 is -1.50. The molecule has 0 aliphatic heterocycles. The molecule has 0 aromatic heterocycles. The van der Waals surface area contributed by atoms with E-state index in [-0.39, 0.29) is 15.8 Å². The van der Waals surface area contributed by atoms with Crippen molar-refractivity contribution in [3.8, 4) is 0 Å². The van der Waals surface area contributed by atoms with E-state index in [2.05, 4.69) is 13.8 Å². The average molecular weight is 805 g/mol. The summed E-state index contributed by atoms with van der Waals surface area (Å²) in [5.74, 6) is 0.559. The van der Waals surface area contributed by atoms with E-state index >= 15 is 0 Å². The monoisotopic (exact) mass is 804 g/mol. The van der Waals surface area contributed by atoms with Crippen LogP contribution in [0.15, 0.2) is 0 Å². The van der Waals surface area contributed by atoms with E-state index in [1.807, 2.05) is 6.92 Å². The Balaban J connectivity index is 0.000000170. The van der Waals surface area contributed by atoms with E-state index in [1.54, 1.807) is 193 Å². The van der Waals surface area contributed by atoms with E-state index in [0.717, 1.165) is 0 Å². The van der Waals surface area contributed by atoms with Gasteiger partial charge in [0.15, 0.2) is 0 Å². The van der Waals surface area contributed by atoms with E-state index in [4.69, 9.17) is 19.4 Å². The molecule has 6 rings (SSSR count). The SMILES string of the molecule is C1CCC([PH+](C2CCCCC2)C2CCCCC2)CC1.C1CCC([PH+](C2CCCCC2)C2CCCCC2)CC1.C[C](C(C)C)=[Ru]([Cl])[Cl]. The standard InChI is InChI=1S/2C18H33P.C5H10.2ClH.Ru/c2*1-4-10-16(11-5-1)19(17-12-6-2-7-13-17)18-14-8-3-9-15-18;1-4-5(2)3;;;/h2*16-18H,1-15H2;5H,1-3H3;2*1H;/q;;;;;+2. The molecular formula is C41H78Cl2P2Ru+2. The van der Waals surface area contributed by atoms with Gasteiger partial charge in [-0.25, -0.2) is 0 Å². The molecule has 0 heterocycles. The predicted octanol–water partition coefficient (Wildman–Crippen LogP) is 15.2. The molecule has 6 saturated carbocycles. The summed E-state index contributed by atoms with van der Waals surface area (Å²) in [4.78, 5) is 0. The summed E-state index contributed by atoms with van der Waals surface area (Å²) in [6.45, 7) is 6.26. The van der Waals surface area contributed by atoms with Crippen LogP contribution in [0, 0.1) is 5.92 Å². The third kappa shape index (κ3) is 13.8. The summed E-state index contributed by atoms with van der Waals surface area (Å²) in [7, 11) is 11.3. The van der Waals surface area contributed by atoms with Gasteiger partial charge in [-0.2, -0.15) is 0 Å². The third-order valence-corrected chi connectivity index (χ3v) is 27.1. The van der Waals surface area contributed by atoms with Crippen LogP contribution in [0.1, 0.15) is 213 Å². The second-order valence-electron chi connectivity index (χ2n) is 16.9. The van der Waals surface area contributed by atoms with Crippen LogP contribution in [0.5, 0.6) is 0 Å². The zero-order chi connectivity index (χ0) is 32.6. The normalized spacial score (nSPS) is 26.0. The summed E-state index contributed by atoms with van der Waals surface area (Å²) in [6, 6.07) is 0. The topological polar surface area (TPSA) is 0 Å². The van der Waals surface area contributed by atoms with Gasteiger partial charge in [-0.1, -0.05) is 38.5 Å². The van der Waals surface area contributed by atoms with E-state index in [0.29, 0.717) is 5.92 Å². The first kappa shape index (κ1) is 40.7. The first-order valence-electron chi connectivity index (χ1n) is 21.0. The average Bonchev–Trinajstić information content (AvgIpc) is 3.11. The fraction of sp³-hybridized carbons (Fsp3) is 0.976. The van der Waals surface area contributed by atoms with Crippen molar-refractivity contribution in [1.82, 2.24) is 0 Å². The molecule has 46 heavy (non-hydrogen) atoms. The van der Waals surface area contributed by atoms with Crippen LogP contribution in [0.25, 0.3) is 0 Å². The molecule has 6 fully saturated rings. The number of halogens is 2. The molecule has 0 amide bonds. The van der Waals surface area contributed by atoms with E-state index in [9.17, 15) is 0 Å². The minimum absolute atomic E-state index is 0.0465. The van der Waals surface area contributed by atoms with Gasteiger partial charge in [0, 0.05) is 15.8 Å². The van der Waals surface area contributed by atoms with Crippen molar-refractivity contribution in [2.75, 3.05) is 0 Å². The molecular weight excluding hydrogens is 726 g/mol. The molecule has 0 atom stereocenters. The van der Waals surface area contributed by atoms with Crippen LogP contribution >= 0.6 is 35.2 Å². The van der Waals surface area contributed by atoms with Crippen molar-refractivity contribution in [3.63, 3.8) is 0 Å². The second kappa shape index (κ2) is 23.5. The maximum atomic E-state index is 5.69. The Bertz CT molecular complexity index is 669. The predicted molar refractivity (Wildman–Crippen MR) is 215 cm³/mol. The van der Waals surface area contributed by atoms with Gasteiger partial charge in [0.25, 0.3) is 0 Å². The minimum atomic E-state index is -1.50. The zero-order valence-corrected chi connectivity index (χ0v) is 36.1. The van der Waals surface area contributed by atoms with Gasteiger partial charge in [-0.05, 0) is 154 Å². The molecule has 6 aliphatic rings. The van der Waals surface area contributed by atoms with Crippen molar-refractivity contribution in [1.29, 1.82) is 0 Å². The van der Waals surface area contributed by atoms with Crippen molar-refractivity contribution in [2.45, 2.75) is 247 Å². The number of rotatable bonds is 7. The van der Waals surface area contributed by atoms with Crippen molar-refractivity contribution in [2.24, 2.45) is 5.92 Å². The summed E-state index contributed by atoms with van der Waals surface area (Å²) < 4.78 is 1.28. The first-order chi connectivity index (χ1) is 22.5. The Labute approximate surface area is 304 Å². The van der Waals surface area contributed by atoms with Crippen molar-refractivity contribution < 1.29 is 13.5 Å². The molecule has 0 spiro atoms. The van der Waals surface area contributed by atoms with Gasteiger partial charge in [0.2, 0.25) is 0 Å². The van der Waals surface area contributed by atoms with E-state index < -0.39 is 13.5 Å². The summed E-state index contributed by atoms with van der Waals surface area (Å²) in [5.41, 5.74) is 7.36. The van der Waals surface area contributed by atoms with Gasteiger partial charge in [0.05, 0.1) is 34.0 Å². The molecule has 0 N–H and O–H groups in total. The molecule has 0 aromatic rings. The van der Waals surface area contributed by atoms with Crippen LogP contribution in [0.3, 0.4) is 0 Å². The van der Waals surface area contributed by atoms with Crippen LogP contribution in [0.4, 0.5) is 0 Å². The Morgan fingerprint density at radius 2 is 0.565 bits per heavy atom. The van der Waals surface area contributed by atoms with E-state index in [1.165, 1.54) is 38.1 Å². The molecule has 0 saturated heterocycles. The van der Waals surface area contributed by atoms with Crippen LogP contribution in [0.2, 0.25) is 0 Å². The molecule has 5 heteroatoms. The third-order valence-electron chi connectivity index (χ3n) is 13.5. The van der Waals surface area contributed by atoms with Gasteiger partial charge in [-0.15, -0.1) is 0 Å². The van der Waals surface area contributed by atoms with Gasteiger partial charge >= 0.3 is 63.7 Å². The van der Waals surface area contributed by atoms with Gasteiger partial charge in [0.1, 0.15) is 0 Å². The first-order valence-corrected chi connectivity index (χ1v) is 29.8. The molecule has 0 radical (unpaired) electrons. The van der Waals surface area contributed by atoms with Crippen LogP contribution < -0.4 is 0 Å². The van der Waals surface area contributed by atoms with Crippen molar-refractivity contribution in [3.05, 3.63) is 0 Å². The second-order valence-corrected chi connectivity index (χ2v) is 30.1. The maximum absolute atomic E-state index is 5.69. The molecule has 0 nitrogen and oxygen atoms in total. The van der Waals surface area contributed by atoms with Crippen LogP contribution in [-0.4, -0.2) is 38.1 Å². The number of hydrogen-bond acceptors (Lipinski definition) is 0. The Morgan fingerprint density at radius 3 is 0.674 bits per heavy atom. The fourth-order valence-corrected chi connectivity index (χ4v) is 23.8. The molecule has 6 aliphatic carbocycles. The molecule has 0 unspecified atom stereocenters. The quantitative estimate of drug-likeness (QED) is 0.178. The summed E-state index contributed by atoms with van der Waals surface area (Å²) in [5, 5.41) is 0. The van der Waals surface area contributed by atoms with Crippen molar-refractivity contribution >= 4 is 39.3 Å². The molecule has 0 aromatic carbocycles. The zero-order valence-electron chi connectivity index (χ0n) is 30.9. The van der Waals surface area contributed by atoms with Gasteiger partial charge in [-0.3, -0.25) is 0 Å².